The molecule has 0 aliphatic carbocycles. The molecule has 0 fully saturated rings. The molecule has 1 aromatic carbocycles. The van der Waals surface area contributed by atoms with Crippen molar-refractivity contribution >= 4 is 16.8 Å². The number of nitrogens with zero attached hydrogens (tertiary/aromatic N) is 1. The van der Waals surface area contributed by atoms with Gasteiger partial charge in [-0.05, 0) is 30.9 Å². The van der Waals surface area contributed by atoms with E-state index in [1.165, 1.54) is 24.1 Å². The fourth-order valence-electron chi connectivity index (χ4n) is 2.37. The maximum absolute atomic E-state index is 5.89. The van der Waals surface area contributed by atoms with Gasteiger partial charge in [0.15, 0.2) is 5.58 Å². The van der Waals surface area contributed by atoms with Gasteiger partial charge in [0.05, 0.1) is 0 Å². The minimum absolute atomic E-state index is 0.0379. The van der Waals surface area contributed by atoms with Crippen LogP contribution in [0.5, 0.6) is 0 Å². The zero-order valence-electron chi connectivity index (χ0n) is 11.3. The van der Waals surface area contributed by atoms with Crippen LogP contribution in [0.1, 0.15) is 45.1 Å². The number of aromatic nitrogens is 1. The molecular weight excluding hydrogens is 224 g/mol. The molecule has 3 rings (SSSR count). The van der Waals surface area contributed by atoms with Crippen molar-refractivity contribution < 1.29 is 4.42 Å². The first-order chi connectivity index (χ1) is 8.54. The highest BCUT2D eigenvalue weighted by atomic mass is 16.3. The number of rotatable bonds is 0. The van der Waals surface area contributed by atoms with Crippen molar-refractivity contribution in [1.82, 2.24) is 4.98 Å². The summed E-state index contributed by atoms with van der Waals surface area (Å²) in [6, 6.07) is 4.29. The second-order valence-corrected chi connectivity index (χ2v) is 6.13. The molecule has 0 bridgehead atoms. The highest BCUT2D eigenvalue weighted by Gasteiger charge is 2.21. The Morgan fingerprint density at radius 2 is 2.06 bits per heavy atom. The van der Waals surface area contributed by atoms with Gasteiger partial charge in [-0.25, -0.2) is 4.98 Å². The SMILES string of the molecule is CC(C)(C)c1nc2cc3c(cc2o1)NCCCC3. The molecule has 0 amide bonds. The summed E-state index contributed by atoms with van der Waals surface area (Å²) < 4.78 is 5.89. The number of hydrogen-bond donors (Lipinski definition) is 1. The molecule has 2 heterocycles. The van der Waals surface area contributed by atoms with Crippen LogP contribution >= 0.6 is 0 Å². The van der Waals surface area contributed by atoms with Crippen LogP contribution < -0.4 is 5.32 Å². The van der Waals surface area contributed by atoms with Crippen molar-refractivity contribution in [2.75, 3.05) is 11.9 Å². The van der Waals surface area contributed by atoms with E-state index in [0.717, 1.165) is 30.0 Å². The molecule has 0 spiro atoms. The molecule has 1 N–H and O–H groups in total. The Morgan fingerprint density at radius 3 is 2.83 bits per heavy atom. The molecular formula is C15H20N2O. The van der Waals surface area contributed by atoms with Crippen molar-refractivity contribution in [2.45, 2.75) is 45.4 Å². The van der Waals surface area contributed by atoms with Crippen LogP contribution in [0.2, 0.25) is 0 Å². The van der Waals surface area contributed by atoms with Gasteiger partial charge in [0.25, 0.3) is 0 Å². The summed E-state index contributed by atoms with van der Waals surface area (Å²) in [7, 11) is 0. The van der Waals surface area contributed by atoms with Crippen molar-refractivity contribution in [1.29, 1.82) is 0 Å². The first-order valence-electron chi connectivity index (χ1n) is 6.72. The molecule has 18 heavy (non-hydrogen) atoms. The number of fused-ring (bicyclic) bond motifs is 2. The van der Waals surface area contributed by atoms with E-state index in [0.29, 0.717) is 0 Å². The normalized spacial score (nSPS) is 16.2. The Hall–Kier alpha value is -1.51. The standard InChI is InChI=1S/C15H20N2O/c1-15(2,3)14-17-12-8-10-6-4-5-7-16-11(10)9-13(12)18-14/h8-9,16H,4-7H2,1-3H3. The van der Waals surface area contributed by atoms with Gasteiger partial charge in [-0.3, -0.25) is 0 Å². The van der Waals surface area contributed by atoms with Gasteiger partial charge in [-0.15, -0.1) is 0 Å². The third-order valence-corrected chi connectivity index (χ3v) is 3.44. The minimum atomic E-state index is -0.0379. The molecule has 1 aromatic heterocycles. The second kappa shape index (κ2) is 4.01. The van der Waals surface area contributed by atoms with E-state index in [1.807, 2.05) is 0 Å². The molecule has 3 nitrogen and oxygen atoms in total. The van der Waals surface area contributed by atoms with E-state index < -0.39 is 0 Å². The number of benzene rings is 1. The van der Waals surface area contributed by atoms with Crippen molar-refractivity contribution in [3.8, 4) is 0 Å². The number of aryl methyl sites for hydroxylation is 1. The Balaban J connectivity index is 2.12. The van der Waals surface area contributed by atoms with E-state index in [9.17, 15) is 0 Å². The molecule has 0 atom stereocenters. The average molecular weight is 244 g/mol. The lowest BCUT2D eigenvalue weighted by Crippen LogP contribution is -2.10. The summed E-state index contributed by atoms with van der Waals surface area (Å²) in [5.74, 6) is 0.817. The lowest BCUT2D eigenvalue weighted by atomic mass is 9.97. The predicted molar refractivity (Wildman–Crippen MR) is 74.1 cm³/mol. The third kappa shape index (κ3) is 1.98. The van der Waals surface area contributed by atoms with E-state index in [2.05, 4.69) is 43.2 Å². The molecule has 1 aliphatic heterocycles. The Labute approximate surface area is 108 Å². The van der Waals surface area contributed by atoms with Gasteiger partial charge >= 0.3 is 0 Å². The van der Waals surface area contributed by atoms with Crippen LogP contribution in [-0.2, 0) is 11.8 Å². The number of oxazole rings is 1. The van der Waals surface area contributed by atoms with Gasteiger partial charge in [-0.1, -0.05) is 20.8 Å². The summed E-state index contributed by atoms with van der Waals surface area (Å²) in [5.41, 5.74) is 4.44. The van der Waals surface area contributed by atoms with Gasteiger partial charge in [0.2, 0.25) is 5.89 Å². The third-order valence-electron chi connectivity index (χ3n) is 3.44. The molecule has 0 saturated carbocycles. The van der Waals surface area contributed by atoms with Gasteiger partial charge < -0.3 is 9.73 Å². The van der Waals surface area contributed by atoms with Crippen molar-refractivity contribution in [3.05, 3.63) is 23.6 Å². The molecule has 96 valence electrons. The maximum Gasteiger partial charge on any atom is 0.200 e. The van der Waals surface area contributed by atoms with Crippen molar-refractivity contribution in [3.63, 3.8) is 0 Å². The molecule has 0 unspecified atom stereocenters. The van der Waals surface area contributed by atoms with E-state index in [1.54, 1.807) is 0 Å². The monoisotopic (exact) mass is 244 g/mol. The average Bonchev–Trinajstić information content (AvgIpc) is 2.57. The Morgan fingerprint density at radius 1 is 1.22 bits per heavy atom. The van der Waals surface area contributed by atoms with Crippen molar-refractivity contribution in [2.24, 2.45) is 0 Å². The maximum atomic E-state index is 5.89. The summed E-state index contributed by atoms with van der Waals surface area (Å²) in [6.45, 7) is 7.43. The quantitative estimate of drug-likeness (QED) is 0.764. The number of hydrogen-bond acceptors (Lipinski definition) is 3. The zero-order chi connectivity index (χ0) is 12.8. The van der Waals surface area contributed by atoms with E-state index in [4.69, 9.17) is 4.42 Å². The highest BCUT2D eigenvalue weighted by molar-refractivity contribution is 5.80. The summed E-state index contributed by atoms with van der Waals surface area (Å²) in [5, 5.41) is 3.48. The minimum Gasteiger partial charge on any atom is -0.440 e. The van der Waals surface area contributed by atoms with Crippen LogP contribution in [0.15, 0.2) is 16.5 Å². The summed E-state index contributed by atoms with van der Waals surface area (Å²) in [6.07, 6.45) is 3.61. The second-order valence-electron chi connectivity index (χ2n) is 6.13. The lowest BCUT2D eigenvalue weighted by molar-refractivity contribution is 0.411. The Kier molecular flexibility index (Phi) is 2.58. The Bertz CT molecular complexity index is 535. The first-order valence-corrected chi connectivity index (χ1v) is 6.72. The molecule has 0 saturated heterocycles. The van der Waals surface area contributed by atoms with Crippen LogP contribution in [-0.4, -0.2) is 11.5 Å². The molecule has 2 aromatic rings. The first kappa shape index (κ1) is 11.6. The summed E-state index contributed by atoms with van der Waals surface area (Å²) in [4.78, 5) is 4.63. The molecule has 3 heteroatoms. The topological polar surface area (TPSA) is 38.1 Å². The lowest BCUT2D eigenvalue weighted by Gasteiger charge is -2.11. The fraction of sp³-hybridized carbons (Fsp3) is 0.533. The number of anilines is 1. The van der Waals surface area contributed by atoms with Crippen LogP contribution in [0.25, 0.3) is 11.1 Å². The van der Waals surface area contributed by atoms with Gasteiger partial charge in [-0.2, -0.15) is 0 Å². The fourth-order valence-corrected chi connectivity index (χ4v) is 2.37. The van der Waals surface area contributed by atoms with Crippen LogP contribution in [0.3, 0.4) is 0 Å². The van der Waals surface area contributed by atoms with E-state index in [-0.39, 0.29) is 5.41 Å². The predicted octanol–water partition coefficient (Wildman–Crippen LogP) is 3.87. The van der Waals surface area contributed by atoms with Gasteiger partial charge in [0, 0.05) is 23.7 Å². The molecule has 1 aliphatic rings. The van der Waals surface area contributed by atoms with Crippen LogP contribution in [0, 0.1) is 0 Å². The largest absolute Gasteiger partial charge is 0.440 e. The van der Waals surface area contributed by atoms with E-state index >= 15 is 0 Å². The highest BCUT2D eigenvalue weighted by Crippen LogP contribution is 2.31. The smallest absolute Gasteiger partial charge is 0.200 e. The zero-order valence-corrected chi connectivity index (χ0v) is 11.3. The van der Waals surface area contributed by atoms with Crippen LogP contribution in [0.4, 0.5) is 5.69 Å². The number of nitrogens with one attached hydrogen (secondary N) is 1. The molecule has 0 radical (unpaired) electrons. The summed E-state index contributed by atoms with van der Waals surface area (Å²) >= 11 is 0. The van der Waals surface area contributed by atoms with Gasteiger partial charge in [0.1, 0.15) is 5.52 Å².